The van der Waals surface area contributed by atoms with Crippen LogP contribution in [0.5, 0.6) is 0 Å². The summed E-state index contributed by atoms with van der Waals surface area (Å²) in [6.45, 7) is 8.15. The van der Waals surface area contributed by atoms with E-state index in [4.69, 9.17) is 0 Å². The van der Waals surface area contributed by atoms with Crippen molar-refractivity contribution < 1.29 is 14.0 Å². The van der Waals surface area contributed by atoms with Crippen LogP contribution in [0, 0.1) is 5.82 Å². The molecule has 2 rings (SSSR count). The number of hydrogen-bond donors (Lipinski definition) is 1. The molecule has 4 nitrogen and oxygen atoms in total. The quantitative estimate of drug-likeness (QED) is 0.864. The van der Waals surface area contributed by atoms with Crippen molar-refractivity contribution in [3.8, 4) is 0 Å². The van der Waals surface area contributed by atoms with E-state index in [9.17, 15) is 14.0 Å². The molecule has 0 aliphatic carbocycles. The Hall–Kier alpha value is -2.17. The van der Waals surface area contributed by atoms with Gasteiger partial charge in [-0.1, -0.05) is 26.5 Å². The maximum Gasteiger partial charge on any atom is 0.243 e. The molecule has 0 bridgehead atoms. The van der Waals surface area contributed by atoms with Crippen molar-refractivity contribution in [2.24, 2.45) is 0 Å². The molecular formula is C16H19FN2O2. The molecule has 112 valence electrons. The SMILES string of the molecule is C=CC(=O)NCCC(=O)N1CC(C)(C)c2ccc(F)cc21. The van der Waals surface area contributed by atoms with E-state index in [1.54, 1.807) is 11.0 Å². The number of hydrogen-bond acceptors (Lipinski definition) is 2. The van der Waals surface area contributed by atoms with Gasteiger partial charge in [-0.3, -0.25) is 9.59 Å². The highest BCUT2D eigenvalue weighted by Gasteiger charge is 2.37. The minimum absolute atomic E-state index is 0.128. The second-order valence-electron chi connectivity index (χ2n) is 5.77. The smallest absolute Gasteiger partial charge is 0.243 e. The monoisotopic (exact) mass is 290 g/mol. The lowest BCUT2D eigenvalue weighted by Gasteiger charge is -2.20. The predicted molar refractivity (Wildman–Crippen MR) is 79.6 cm³/mol. The lowest BCUT2D eigenvalue weighted by atomic mass is 9.87. The Balaban J connectivity index is 2.12. The zero-order chi connectivity index (χ0) is 15.6. The zero-order valence-electron chi connectivity index (χ0n) is 12.3. The van der Waals surface area contributed by atoms with Crippen LogP contribution in [0.1, 0.15) is 25.8 Å². The second-order valence-corrected chi connectivity index (χ2v) is 5.77. The van der Waals surface area contributed by atoms with Gasteiger partial charge in [-0.15, -0.1) is 0 Å². The van der Waals surface area contributed by atoms with E-state index in [1.807, 2.05) is 13.8 Å². The number of anilines is 1. The van der Waals surface area contributed by atoms with E-state index in [0.717, 1.165) is 11.6 Å². The van der Waals surface area contributed by atoms with Gasteiger partial charge in [-0.05, 0) is 23.8 Å². The Morgan fingerprint density at radius 1 is 1.48 bits per heavy atom. The van der Waals surface area contributed by atoms with Gasteiger partial charge in [0.15, 0.2) is 0 Å². The summed E-state index contributed by atoms with van der Waals surface area (Å²) in [4.78, 5) is 25.0. The molecule has 1 aliphatic heterocycles. The number of amides is 2. The molecule has 2 amide bonds. The Bertz CT molecular complexity index is 596. The summed E-state index contributed by atoms with van der Waals surface area (Å²) >= 11 is 0. The third-order valence-electron chi connectivity index (χ3n) is 3.66. The van der Waals surface area contributed by atoms with Crippen LogP contribution in [0.3, 0.4) is 0 Å². The first kappa shape index (κ1) is 15.2. The van der Waals surface area contributed by atoms with Gasteiger partial charge in [0.2, 0.25) is 11.8 Å². The summed E-state index contributed by atoms with van der Waals surface area (Å²) in [7, 11) is 0. The summed E-state index contributed by atoms with van der Waals surface area (Å²) in [6, 6.07) is 4.54. The van der Waals surface area contributed by atoms with Gasteiger partial charge in [-0.25, -0.2) is 4.39 Å². The van der Waals surface area contributed by atoms with E-state index in [-0.39, 0.29) is 36.0 Å². The molecule has 0 unspecified atom stereocenters. The zero-order valence-corrected chi connectivity index (χ0v) is 12.3. The molecule has 1 aliphatic rings. The molecular weight excluding hydrogens is 271 g/mol. The molecule has 0 spiro atoms. The van der Waals surface area contributed by atoms with Crippen LogP contribution in [0.2, 0.25) is 0 Å². The summed E-state index contributed by atoms with van der Waals surface area (Å²) in [5, 5.41) is 2.56. The summed E-state index contributed by atoms with van der Waals surface area (Å²) in [5.74, 6) is -0.794. The molecule has 0 saturated heterocycles. The number of halogens is 1. The first-order valence-electron chi connectivity index (χ1n) is 6.86. The van der Waals surface area contributed by atoms with Gasteiger partial charge >= 0.3 is 0 Å². The molecule has 1 N–H and O–H groups in total. The summed E-state index contributed by atoms with van der Waals surface area (Å²) in [5.41, 5.74) is 1.38. The highest BCUT2D eigenvalue weighted by molar-refractivity contribution is 5.96. The van der Waals surface area contributed by atoms with Crippen LogP contribution in [0.15, 0.2) is 30.9 Å². The maximum absolute atomic E-state index is 13.4. The largest absolute Gasteiger partial charge is 0.352 e. The molecule has 0 radical (unpaired) electrons. The fourth-order valence-corrected chi connectivity index (χ4v) is 2.59. The van der Waals surface area contributed by atoms with Gasteiger partial charge in [0.05, 0.1) is 5.69 Å². The van der Waals surface area contributed by atoms with Crippen LogP contribution in [-0.4, -0.2) is 24.9 Å². The molecule has 1 aromatic carbocycles. The first-order chi connectivity index (χ1) is 9.85. The fourth-order valence-electron chi connectivity index (χ4n) is 2.59. The lowest BCUT2D eigenvalue weighted by molar-refractivity contribution is -0.119. The van der Waals surface area contributed by atoms with Crippen LogP contribution in [-0.2, 0) is 15.0 Å². The average molecular weight is 290 g/mol. The van der Waals surface area contributed by atoms with E-state index >= 15 is 0 Å². The van der Waals surface area contributed by atoms with Crippen molar-refractivity contribution >= 4 is 17.5 Å². The average Bonchev–Trinajstić information content (AvgIpc) is 2.69. The Morgan fingerprint density at radius 2 is 2.19 bits per heavy atom. The van der Waals surface area contributed by atoms with Gasteiger partial charge in [-0.2, -0.15) is 0 Å². The number of carbonyl (C=O) groups excluding carboxylic acids is 2. The van der Waals surface area contributed by atoms with E-state index in [1.165, 1.54) is 12.1 Å². The highest BCUT2D eigenvalue weighted by atomic mass is 19.1. The van der Waals surface area contributed by atoms with E-state index in [0.29, 0.717) is 12.2 Å². The molecule has 5 heteroatoms. The van der Waals surface area contributed by atoms with E-state index in [2.05, 4.69) is 11.9 Å². The van der Waals surface area contributed by atoms with Gasteiger partial charge in [0.25, 0.3) is 0 Å². The minimum Gasteiger partial charge on any atom is -0.352 e. The molecule has 1 heterocycles. The van der Waals surface area contributed by atoms with Crippen LogP contribution in [0.25, 0.3) is 0 Å². The van der Waals surface area contributed by atoms with Gasteiger partial charge in [0.1, 0.15) is 5.82 Å². The van der Waals surface area contributed by atoms with Gasteiger partial charge < -0.3 is 10.2 Å². The number of rotatable bonds is 4. The molecule has 21 heavy (non-hydrogen) atoms. The Kier molecular flexibility index (Phi) is 4.11. The summed E-state index contributed by atoms with van der Waals surface area (Å²) in [6.07, 6.45) is 1.33. The van der Waals surface area contributed by atoms with E-state index < -0.39 is 0 Å². The van der Waals surface area contributed by atoms with Crippen molar-refractivity contribution in [3.63, 3.8) is 0 Å². The van der Waals surface area contributed by atoms with Crippen molar-refractivity contribution in [2.45, 2.75) is 25.7 Å². The number of nitrogens with one attached hydrogen (secondary N) is 1. The molecule has 0 fully saturated rings. The maximum atomic E-state index is 13.4. The normalized spacial score (nSPS) is 15.5. The first-order valence-corrected chi connectivity index (χ1v) is 6.86. The Morgan fingerprint density at radius 3 is 2.86 bits per heavy atom. The third kappa shape index (κ3) is 3.12. The number of benzene rings is 1. The van der Waals surface area contributed by atoms with Gasteiger partial charge in [0, 0.05) is 24.9 Å². The van der Waals surface area contributed by atoms with Crippen LogP contribution >= 0.6 is 0 Å². The highest BCUT2D eigenvalue weighted by Crippen LogP contribution is 2.40. The Labute approximate surface area is 123 Å². The van der Waals surface area contributed by atoms with Crippen LogP contribution in [0.4, 0.5) is 10.1 Å². The number of fused-ring (bicyclic) bond motifs is 1. The lowest BCUT2D eigenvalue weighted by Crippen LogP contribution is -2.36. The minimum atomic E-state index is -0.357. The molecule has 0 atom stereocenters. The summed E-state index contributed by atoms with van der Waals surface area (Å²) < 4.78 is 13.4. The predicted octanol–water partition coefficient (Wildman–Crippen LogP) is 2.14. The molecule has 1 aromatic rings. The number of carbonyl (C=O) groups is 2. The fraction of sp³-hybridized carbons (Fsp3) is 0.375. The van der Waals surface area contributed by atoms with Crippen molar-refractivity contribution in [3.05, 3.63) is 42.2 Å². The third-order valence-corrected chi connectivity index (χ3v) is 3.66. The second kappa shape index (κ2) is 5.68. The van der Waals surface area contributed by atoms with Crippen molar-refractivity contribution in [1.82, 2.24) is 5.32 Å². The van der Waals surface area contributed by atoms with Crippen molar-refractivity contribution in [2.75, 3.05) is 18.0 Å². The van der Waals surface area contributed by atoms with Crippen LogP contribution < -0.4 is 10.2 Å². The number of nitrogens with zero attached hydrogens (tertiary/aromatic N) is 1. The van der Waals surface area contributed by atoms with Crippen molar-refractivity contribution in [1.29, 1.82) is 0 Å². The molecule has 0 aromatic heterocycles. The topological polar surface area (TPSA) is 49.4 Å². The standard InChI is InChI=1S/C16H19FN2O2/c1-4-14(20)18-8-7-15(21)19-10-16(2,3)12-6-5-11(17)9-13(12)19/h4-6,9H,1,7-8,10H2,2-3H3,(H,18,20). The molecule has 0 saturated carbocycles.